The van der Waals surface area contributed by atoms with E-state index < -0.39 is 5.92 Å². The molecule has 3 rings (SSSR count). The number of rotatable bonds is 10. The van der Waals surface area contributed by atoms with Crippen LogP contribution in [0.2, 0.25) is 0 Å². The fraction of sp³-hybridized carbons (Fsp3) is 0.375. The number of halogens is 3. The zero-order valence-corrected chi connectivity index (χ0v) is 23.1. The van der Waals surface area contributed by atoms with Crippen LogP contribution in [0.3, 0.4) is 0 Å². The number of alkyl halides is 2. The van der Waals surface area contributed by atoms with Crippen LogP contribution in [0.25, 0.3) is 5.57 Å². The van der Waals surface area contributed by atoms with Gasteiger partial charge in [0.15, 0.2) is 0 Å². The van der Waals surface area contributed by atoms with E-state index in [-0.39, 0.29) is 17.1 Å². The highest BCUT2D eigenvalue weighted by Crippen LogP contribution is 2.32. The summed E-state index contributed by atoms with van der Waals surface area (Å²) in [4.78, 5) is 11.1. The second-order valence-electron chi connectivity index (χ2n) is 9.77. The highest BCUT2D eigenvalue weighted by Gasteiger charge is 2.31. The van der Waals surface area contributed by atoms with Gasteiger partial charge in [-0.15, -0.1) is 0 Å². The molecule has 0 fully saturated rings. The third-order valence-electron chi connectivity index (χ3n) is 6.81. The first-order valence-corrected chi connectivity index (χ1v) is 13.2. The van der Waals surface area contributed by atoms with Gasteiger partial charge in [0.2, 0.25) is 0 Å². The first-order valence-electron chi connectivity index (χ1n) is 13.2. The monoisotopic (exact) mass is 521 g/mol. The summed E-state index contributed by atoms with van der Waals surface area (Å²) in [5.41, 5.74) is 5.35. The molecule has 0 N–H and O–H groups in total. The van der Waals surface area contributed by atoms with E-state index in [0.717, 1.165) is 48.5 Å². The third kappa shape index (κ3) is 7.12. The van der Waals surface area contributed by atoms with Crippen molar-refractivity contribution < 1.29 is 13.2 Å². The van der Waals surface area contributed by atoms with Crippen molar-refractivity contribution in [1.29, 1.82) is 0 Å². The summed E-state index contributed by atoms with van der Waals surface area (Å²) in [7, 11) is 0. The molecule has 38 heavy (non-hydrogen) atoms. The van der Waals surface area contributed by atoms with E-state index in [1.807, 2.05) is 44.2 Å². The molecule has 0 unspecified atom stereocenters. The van der Waals surface area contributed by atoms with Gasteiger partial charge in [0.1, 0.15) is 11.5 Å². The lowest BCUT2D eigenvalue weighted by atomic mass is 9.97. The van der Waals surface area contributed by atoms with Gasteiger partial charge in [0.25, 0.3) is 5.92 Å². The molecule has 0 amide bonds. The van der Waals surface area contributed by atoms with Gasteiger partial charge in [-0.25, -0.2) is 13.2 Å². The standard InChI is InChI=1S/C32H38F3N3/c1-7-12-22(3)30(24(5)38-19-16-27(17-20-38)31-29(33)15-11-18-36-31)37-23(4)28(32(6,34)35)21-25(8-2)26-13-9-10-14-26/h8-9,11,13-16,18,21H,5,7,10,12,17,19-20H2,1-4,6H3/b25-8+,28-21+,30-22+,37-23+. The number of hydrogen-bond acceptors (Lipinski definition) is 3. The minimum Gasteiger partial charge on any atom is -0.366 e. The molecule has 0 saturated heterocycles. The Labute approximate surface area is 225 Å². The highest BCUT2D eigenvalue weighted by atomic mass is 19.3. The number of aliphatic imine (C=N–C) groups is 1. The maximum Gasteiger partial charge on any atom is 0.272 e. The van der Waals surface area contributed by atoms with Gasteiger partial charge in [-0.1, -0.05) is 50.3 Å². The van der Waals surface area contributed by atoms with E-state index in [0.29, 0.717) is 36.6 Å². The van der Waals surface area contributed by atoms with Gasteiger partial charge < -0.3 is 4.90 Å². The fourth-order valence-corrected chi connectivity index (χ4v) is 4.74. The topological polar surface area (TPSA) is 28.5 Å². The zero-order valence-electron chi connectivity index (χ0n) is 23.1. The van der Waals surface area contributed by atoms with Crippen LogP contribution in [-0.2, 0) is 0 Å². The Bertz CT molecular complexity index is 1270. The summed E-state index contributed by atoms with van der Waals surface area (Å²) in [5.74, 6) is -3.42. The molecule has 0 atom stereocenters. The largest absolute Gasteiger partial charge is 0.366 e. The molecule has 0 bridgehead atoms. The second kappa shape index (κ2) is 12.9. The van der Waals surface area contributed by atoms with Crippen LogP contribution in [0.4, 0.5) is 13.2 Å². The first kappa shape index (κ1) is 29.2. The Morgan fingerprint density at radius 1 is 1.26 bits per heavy atom. The van der Waals surface area contributed by atoms with Gasteiger partial charge in [-0.05, 0) is 80.5 Å². The lowest BCUT2D eigenvalue weighted by Crippen LogP contribution is -2.29. The highest BCUT2D eigenvalue weighted by molar-refractivity contribution is 6.01. The third-order valence-corrected chi connectivity index (χ3v) is 6.81. The van der Waals surface area contributed by atoms with Crippen molar-refractivity contribution in [3.8, 4) is 0 Å². The summed E-state index contributed by atoms with van der Waals surface area (Å²) in [6, 6.07) is 2.99. The van der Waals surface area contributed by atoms with Gasteiger partial charge in [0, 0.05) is 37.5 Å². The molecule has 1 aliphatic heterocycles. The van der Waals surface area contributed by atoms with Gasteiger partial charge in [-0.3, -0.25) is 9.98 Å². The molecule has 202 valence electrons. The van der Waals surface area contributed by atoms with Crippen molar-refractivity contribution >= 4 is 11.3 Å². The van der Waals surface area contributed by atoms with Gasteiger partial charge >= 0.3 is 0 Å². The van der Waals surface area contributed by atoms with Crippen molar-refractivity contribution in [1.82, 2.24) is 9.88 Å². The quantitative estimate of drug-likeness (QED) is 0.227. The Kier molecular flexibility index (Phi) is 9.90. The molecule has 2 heterocycles. The summed E-state index contributed by atoms with van der Waals surface area (Å²) in [5, 5.41) is 0. The van der Waals surface area contributed by atoms with E-state index in [1.54, 1.807) is 25.3 Å². The van der Waals surface area contributed by atoms with Crippen molar-refractivity contribution in [3.63, 3.8) is 0 Å². The van der Waals surface area contributed by atoms with Crippen LogP contribution in [0.5, 0.6) is 0 Å². The summed E-state index contributed by atoms with van der Waals surface area (Å²) >= 11 is 0. The molecule has 1 aromatic rings. The molecule has 1 aromatic heterocycles. The average Bonchev–Trinajstić information content (AvgIpc) is 3.42. The van der Waals surface area contributed by atoms with Crippen molar-refractivity contribution in [2.24, 2.45) is 4.99 Å². The molecule has 0 saturated carbocycles. The molecule has 3 nitrogen and oxygen atoms in total. The zero-order chi connectivity index (χ0) is 27.9. The lowest BCUT2D eigenvalue weighted by molar-refractivity contribution is 0.0700. The van der Waals surface area contributed by atoms with Crippen LogP contribution in [0, 0.1) is 5.82 Å². The second-order valence-corrected chi connectivity index (χ2v) is 9.77. The van der Waals surface area contributed by atoms with Crippen LogP contribution in [0.1, 0.15) is 66.0 Å². The first-order chi connectivity index (χ1) is 18.1. The van der Waals surface area contributed by atoms with Crippen molar-refractivity contribution in [2.75, 3.05) is 13.1 Å². The molecule has 2 aliphatic rings. The molecule has 0 aromatic carbocycles. The Balaban J connectivity index is 1.95. The maximum absolute atomic E-state index is 14.9. The number of hydrogen-bond donors (Lipinski definition) is 0. The van der Waals surface area contributed by atoms with E-state index in [9.17, 15) is 13.2 Å². The average molecular weight is 522 g/mol. The number of nitrogens with zero attached hydrogens (tertiary/aromatic N) is 3. The van der Waals surface area contributed by atoms with E-state index >= 15 is 0 Å². The van der Waals surface area contributed by atoms with Gasteiger partial charge in [-0.2, -0.15) is 0 Å². The van der Waals surface area contributed by atoms with Gasteiger partial charge in [0.05, 0.1) is 11.4 Å². The molecule has 1 aliphatic carbocycles. The summed E-state index contributed by atoms with van der Waals surface area (Å²) in [6.45, 7) is 13.9. The normalized spacial score (nSPS) is 17.9. The Morgan fingerprint density at radius 2 is 2.03 bits per heavy atom. The minimum absolute atomic E-state index is 0.118. The van der Waals surface area contributed by atoms with Crippen LogP contribution in [-0.4, -0.2) is 34.6 Å². The van der Waals surface area contributed by atoms with Crippen molar-refractivity contribution in [3.05, 3.63) is 107 Å². The maximum atomic E-state index is 14.9. The smallest absolute Gasteiger partial charge is 0.272 e. The number of aromatic nitrogens is 1. The van der Waals surface area contributed by atoms with E-state index in [4.69, 9.17) is 4.99 Å². The van der Waals surface area contributed by atoms with Crippen LogP contribution in [0.15, 0.2) is 100 Å². The molecular formula is C32H38F3N3. The van der Waals surface area contributed by atoms with E-state index in [2.05, 4.69) is 23.4 Å². The van der Waals surface area contributed by atoms with Crippen LogP contribution >= 0.6 is 0 Å². The predicted octanol–water partition coefficient (Wildman–Crippen LogP) is 8.77. The SMILES string of the molecule is C=C(C(/N=C(C)/C(=C\C(=C/C)C1=CCC=C1)C(C)(F)F)=C(/C)CCC)N1CC=C(c2ncccc2F)CC1. The molecular weight excluding hydrogens is 483 g/mol. The van der Waals surface area contributed by atoms with Crippen molar-refractivity contribution in [2.45, 2.75) is 66.2 Å². The molecule has 0 radical (unpaired) electrons. The summed E-state index contributed by atoms with van der Waals surface area (Å²) < 4.78 is 44.1. The molecule has 6 heteroatoms. The Morgan fingerprint density at radius 3 is 2.58 bits per heavy atom. The lowest BCUT2D eigenvalue weighted by Gasteiger charge is -2.31. The number of allylic oxidation sites excluding steroid dienone is 9. The fourth-order valence-electron chi connectivity index (χ4n) is 4.74. The number of pyridine rings is 1. The van der Waals surface area contributed by atoms with Crippen LogP contribution < -0.4 is 0 Å². The Hall–Kier alpha value is -3.41. The minimum atomic E-state index is -3.08. The van der Waals surface area contributed by atoms with E-state index in [1.165, 1.54) is 6.07 Å². The predicted molar refractivity (Wildman–Crippen MR) is 153 cm³/mol. The summed E-state index contributed by atoms with van der Waals surface area (Å²) in [6.07, 6.45) is 16.0. The molecule has 0 spiro atoms.